The highest BCUT2D eigenvalue weighted by Crippen LogP contribution is 2.30. The smallest absolute Gasteiger partial charge is 0.255 e. The van der Waals surface area contributed by atoms with E-state index in [1.807, 2.05) is 20.8 Å². The normalized spacial score (nSPS) is 10.0. The van der Waals surface area contributed by atoms with Crippen LogP contribution in [-0.4, -0.2) is 25.7 Å². The van der Waals surface area contributed by atoms with Crippen molar-refractivity contribution in [2.24, 2.45) is 0 Å². The number of nitriles is 1. The Balaban J connectivity index is 2.27. The molecule has 142 valence electrons. The first-order chi connectivity index (χ1) is 13.1. The van der Waals surface area contributed by atoms with Crippen molar-refractivity contribution in [2.75, 3.05) is 25.1 Å². The Hall–Kier alpha value is -3.20. The Bertz CT molecular complexity index is 827. The van der Waals surface area contributed by atoms with Gasteiger partial charge >= 0.3 is 0 Å². The minimum absolute atomic E-state index is 0.325. The number of anilines is 1. The molecule has 0 heterocycles. The van der Waals surface area contributed by atoms with Gasteiger partial charge in [0.05, 0.1) is 37.1 Å². The molecule has 0 saturated carbocycles. The number of nitrogens with one attached hydrogen (secondary N) is 1. The summed E-state index contributed by atoms with van der Waals surface area (Å²) in [5.41, 5.74) is 1.31. The zero-order chi connectivity index (χ0) is 19.6. The van der Waals surface area contributed by atoms with E-state index in [1.165, 1.54) is 0 Å². The Kier molecular flexibility index (Phi) is 7.50. The third-order valence-corrected chi connectivity index (χ3v) is 3.62. The molecule has 2 aromatic rings. The van der Waals surface area contributed by atoms with E-state index in [2.05, 4.69) is 11.4 Å². The average molecular weight is 368 g/mol. The van der Waals surface area contributed by atoms with Crippen molar-refractivity contribution < 1.29 is 19.0 Å². The predicted octanol–water partition coefficient (Wildman–Crippen LogP) is 4.40. The lowest BCUT2D eigenvalue weighted by molar-refractivity contribution is 0.102. The van der Waals surface area contributed by atoms with Crippen LogP contribution < -0.4 is 19.5 Å². The van der Waals surface area contributed by atoms with Gasteiger partial charge in [0.25, 0.3) is 5.91 Å². The molecule has 0 saturated heterocycles. The second kappa shape index (κ2) is 10.1. The summed E-state index contributed by atoms with van der Waals surface area (Å²) >= 11 is 0. The SMILES string of the molecule is CCCOc1ccc(C(=O)Nc2cc(C#N)ccc2OCC)cc1OCC. The van der Waals surface area contributed by atoms with E-state index in [-0.39, 0.29) is 5.91 Å². The fourth-order valence-corrected chi connectivity index (χ4v) is 2.42. The van der Waals surface area contributed by atoms with Crippen molar-refractivity contribution in [3.05, 3.63) is 47.5 Å². The second-order valence-electron chi connectivity index (χ2n) is 5.65. The van der Waals surface area contributed by atoms with Crippen LogP contribution in [0.4, 0.5) is 5.69 Å². The number of hydrogen-bond donors (Lipinski definition) is 1. The van der Waals surface area contributed by atoms with Crippen molar-refractivity contribution in [3.8, 4) is 23.3 Å². The number of carbonyl (C=O) groups is 1. The van der Waals surface area contributed by atoms with Crippen LogP contribution >= 0.6 is 0 Å². The van der Waals surface area contributed by atoms with Gasteiger partial charge in [-0.2, -0.15) is 5.26 Å². The molecule has 0 aliphatic heterocycles. The average Bonchev–Trinajstić information content (AvgIpc) is 2.68. The first kappa shape index (κ1) is 20.1. The van der Waals surface area contributed by atoms with Gasteiger partial charge < -0.3 is 19.5 Å². The maximum atomic E-state index is 12.7. The minimum Gasteiger partial charge on any atom is -0.492 e. The topological polar surface area (TPSA) is 80.6 Å². The van der Waals surface area contributed by atoms with Crippen molar-refractivity contribution in [1.82, 2.24) is 0 Å². The maximum absolute atomic E-state index is 12.7. The first-order valence-corrected chi connectivity index (χ1v) is 9.00. The maximum Gasteiger partial charge on any atom is 0.255 e. The number of benzene rings is 2. The van der Waals surface area contributed by atoms with Gasteiger partial charge in [0.15, 0.2) is 11.5 Å². The number of carbonyl (C=O) groups excluding carboxylic acids is 1. The molecule has 2 aromatic carbocycles. The molecular formula is C21H24N2O4. The van der Waals surface area contributed by atoms with Gasteiger partial charge in [-0.3, -0.25) is 4.79 Å². The number of amides is 1. The molecule has 0 bridgehead atoms. The van der Waals surface area contributed by atoms with Gasteiger partial charge in [0.1, 0.15) is 5.75 Å². The standard InChI is InChI=1S/C21H24N2O4/c1-4-11-27-19-10-8-16(13-20(19)26-6-3)21(24)23-17-12-15(14-22)7-9-18(17)25-5-2/h7-10,12-13H,4-6,11H2,1-3H3,(H,23,24). The second-order valence-corrected chi connectivity index (χ2v) is 5.65. The summed E-state index contributed by atoms with van der Waals surface area (Å²) in [6, 6.07) is 12.0. The third kappa shape index (κ3) is 5.38. The van der Waals surface area contributed by atoms with Crippen LogP contribution in [0, 0.1) is 11.3 Å². The molecule has 0 aliphatic rings. The third-order valence-electron chi connectivity index (χ3n) is 3.62. The van der Waals surface area contributed by atoms with Crippen molar-refractivity contribution in [2.45, 2.75) is 27.2 Å². The molecule has 0 atom stereocenters. The Morgan fingerprint density at radius 3 is 2.33 bits per heavy atom. The van der Waals surface area contributed by atoms with E-state index in [0.29, 0.717) is 53.9 Å². The molecule has 2 rings (SSSR count). The summed E-state index contributed by atoms with van der Waals surface area (Å²) in [6.45, 7) is 7.24. The summed E-state index contributed by atoms with van der Waals surface area (Å²) in [7, 11) is 0. The molecule has 0 spiro atoms. The summed E-state index contributed by atoms with van der Waals surface area (Å²) < 4.78 is 16.8. The molecule has 0 unspecified atom stereocenters. The summed E-state index contributed by atoms with van der Waals surface area (Å²) in [5.74, 6) is 1.32. The number of rotatable bonds is 9. The molecular weight excluding hydrogens is 344 g/mol. The van der Waals surface area contributed by atoms with Gasteiger partial charge in [-0.1, -0.05) is 6.92 Å². The Labute approximate surface area is 159 Å². The van der Waals surface area contributed by atoms with Crippen LogP contribution in [0.5, 0.6) is 17.2 Å². The number of ether oxygens (including phenoxy) is 3. The van der Waals surface area contributed by atoms with Gasteiger partial charge in [-0.15, -0.1) is 0 Å². The van der Waals surface area contributed by atoms with Crippen LogP contribution in [0.2, 0.25) is 0 Å². The highest BCUT2D eigenvalue weighted by Gasteiger charge is 2.14. The zero-order valence-electron chi connectivity index (χ0n) is 15.9. The predicted molar refractivity (Wildman–Crippen MR) is 104 cm³/mol. The van der Waals surface area contributed by atoms with E-state index >= 15 is 0 Å². The Morgan fingerprint density at radius 2 is 1.67 bits per heavy atom. The van der Waals surface area contributed by atoms with Gasteiger partial charge in [-0.25, -0.2) is 0 Å². The molecule has 0 aliphatic carbocycles. The van der Waals surface area contributed by atoms with E-state index in [1.54, 1.807) is 36.4 Å². The summed E-state index contributed by atoms with van der Waals surface area (Å²) in [5, 5.41) is 11.9. The van der Waals surface area contributed by atoms with Gasteiger partial charge in [0.2, 0.25) is 0 Å². The van der Waals surface area contributed by atoms with Crippen molar-refractivity contribution in [1.29, 1.82) is 5.26 Å². The zero-order valence-corrected chi connectivity index (χ0v) is 15.9. The largest absolute Gasteiger partial charge is 0.492 e. The van der Waals surface area contributed by atoms with Crippen molar-refractivity contribution >= 4 is 11.6 Å². The highest BCUT2D eigenvalue weighted by atomic mass is 16.5. The lowest BCUT2D eigenvalue weighted by atomic mass is 10.1. The highest BCUT2D eigenvalue weighted by molar-refractivity contribution is 6.05. The van der Waals surface area contributed by atoms with Crippen LogP contribution in [0.3, 0.4) is 0 Å². The Morgan fingerprint density at radius 1 is 0.963 bits per heavy atom. The molecule has 1 N–H and O–H groups in total. The van der Waals surface area contributed by atoms with Crippen LogP contribution in [0.1, 0.15) is 43.1 Å². The lowest BCUT2D eigenvalue weighted by Gasteiger charge is -2.14. The fourth-order valence-electron chi connectivity index (χ4n) is 2.42. The molecule has 0 aromatic heterocycles. The first-order valence-electron chi connectivity index (χ1n) is 9.00. The molecule has 6 heteroatoms. The van der Waals surface area contributed by atoms with E-state index < -0.39 is 0 Å². The van der Waals surface area contributed by atoms with Crippen molar-refractivity contribution in [3.63, 3.8) is 0 Å². The molecule has 0 fully saturated rings. The van der Waals surface area contributed by atoms with E-state index in [4.69, 9.17) is 19.5 Å². The molecule has 27 heavy (non-hydrogen) atoms. The van der Waals surface area contributed by atoms with E-state index in [9.17, 15) is 4.79 Å². The quantitative estimate of drug-likeness (QED) is 0.710. The molecule has 1 amide bonds. The van der Waals surface area contributed by atoms with Gasteiger partial charge in [-0.05, 0) is 56.7 Å². The van der Waals surface area contributed by atoms with Gasteiger partial charge in [0, 0.05) is 5.56 Å². The summed E-state index contributed by atoms with van der Waals surface area (Å²) in [4.78, 5) is 12.7. The van der Waals surface area contributed by atoms with Crippen LogP contribution in [0.15, 0.2) is 36.4 Å². The number of hydrogen-bond acceptors (Lipinski definition) is 5. The van der Waals surface area contributed by atoms with Crippen LogP contribution in [0.25, 0.3) is 0 Å². The van der Waals surface area contributed by atoms with Crippen LogP contribution in [-0.2, 0) is 0 Å². The fraction of sp³-hybridized carbons (Fsp3) is 0.333. The molecule has 6 nitrogen and oxygen atoms in total. The lowest BCUT2D eigenvalue weighted by Crippen LogP contribution is -2.13. The minimum atomic E-state index is -0.325. The van der Waals surface area contributed by atoms with E-state index in [0.717, 1.165) is 6.42 Å². The number of nitrogens with zero attached hydrogens (tertiary/aromatic N) is 1. The summed E-state index contributed by atoms with van der Waals surface area (Å²) in [6.07, 6.45) is 0.878. The monoisotopic (exact) mass is 368 g/mol. The molecule has 0 radical (unpaired) electrons.